The van der Waals surface area contributed by atoms with Crippen molar-refractivity contribution in [2.24, 2.45) is 0 Å². The van der Waals surface area contributed by atoms with Crippen molar-refractivity contribution in [3.8, 4) is 0 Å². The van der Waals surface area contributed by atoms with E-state index in [2.05, 4.69) is 0 Å². The first-order chi connectivity index (χ1) is 7.61. The van der Waals surface area contributed by atoms with Gasteiger partial charge >= 0.3 is 5.97 Å². The highest BCUT2D eigenvalue weighted by atomic mass is 16.4. The maximum atomic E-state index is 11.2. The fourth-order valence-electron chi connectivity index (χ4n) is 0.846. The number of carboxylic acid groups (broad SMARTS) is 2. The van der Waals surface area contributed by atoms with Crippen molar-refractivity contribution in [2.45, 2.75) is 0 Å². The number of benzene rings is 1. The number of carboxylic acids is 1. The highest BCUT2D eigenvalue weighted by molar-refractivity contribution is 6.06. The minimum absolute atomic E-state index is 0.250. The minimum atomic E-state index is -1.12. The summed E-state index contributed by atoms with van der Waals surface area (Å²) in [6.07, 6.45) is 1.87. The summed E-state index contributed by atoms with van der Waals surface area (Å²) >= 11 is 0. The number of carbonyl (C=O) groups is 3. The number of rotatable bonds is 3. The summed E-state index contributed by atoms with van der Waals surface area (Å²) in [5.41, 5.74) is 0.486. The van der Waals surface area contributed by atoms with Crippen molar-refractivity contribution in [1.29, 1.82) is 0 Å². The van der Waals surface area contributed by atoms with Crippen molar-refractivity contribution in [3.63, 3.8) is 0 Å². The van der Waals surface area contributed by atoms with Gasteiger partial charge in [0.15, 0.2) is 5.78 Å². The molecule has 0 radical (unpaired) electrons. The van der Waals surface area contributed by atoms with E-state index in [1.165, 1.54) is 0 Å². The Morgan fingerprint density at radius 2 is 1.56 bits per heavy atom. The standard InChI is InChI=1S/C10H8O3.CH2O2/c11-9(6-7-10(12)13)8-4-2-1-3-5-8;2-1-3/h1-7H,(H,12,13);1H,(H,2,3). The first-order valence-electron chi connectivity index (χ1n) is 4.20. The van der Waals surface area contributed by atoms with Gasteiger partial charge in [0, 0.05) is 11.6 Å². The lowest BCUT2D eigenvalue weighted by Crippen LogP contribution is -1.95. The lowest BCUT2D eigenvalue weighted by molar-refractivity contribution is -0.131. The molecule has 0 atom stereocenters. The molecule has 1 aromatic rings. The van der Waals surface area contributed by atoms with Gasteiger partial charge in [-0.05, 0) is 6.08 Å². The van der Waals surface area contributed by atoms with E-state index in [0.717, 1.165) is 12.2 Å². The number of hydrogen-bond donors (Lipinski definition) is 2. The molecule has 2 N–H and O–H groups in total. The summed E-state index contributed by atoms with van der Waals surface area (Å²) in [7, 11) is 0. The van der Waals surface area contributed by atoms with E-state index >= 15 is 0 Å². The van der Waals surface area contributed by atoms with Crippen LogP contribution in [-0.2, 0) is 9.59 Å². The summed E-state index contributed by atoms with van der Waals surface area (Å²) in [4.78, 5) is 29.7. The molecular formula is C11H10O5. The molecule has 84 valence electrons. The van der Waals surface area contributed by atoms with Crippen LogP contribution in [0.1, 0.15) is 10.4 Å². The van der Waals surface area contributed by atoms with Gasteiger partial charge in [-0.2, -0.15) is 0 Å². The van der Waals surface area contributed by atoms with E-state index in [1.807, 2.05) is 0 Å². The van der Waals surface area contributed by atoms with Crippen molar-refractivity contribution in [2.75, 3.05) is 0 Å². The van der Waals surface area contributed by atoms with Gasteiger partial charge in [-0.15, -0.1) is 0 Å². The first kappa shape index (κ1) is 13.6. The van der Waals surface area contributed by atoms with Gasteiger partial charge in [0.05, 0.1) is 0 Å². The van der Waals surface area contributed by atoms with Crippen LogP contribution in [0.3, 0.4) is 0 Å². The third-order valence-corrected chi connectivity index (χ3v) is 1.44. The van der Waals surface area contributed by atoms with Crippen LogP contribution in [0.15, 0.2) is 42.5 Å². The van der Waals surface area contributed by atoms with Crippen LogP contribution in [0.4, 0.5) is 0 Å². The quantitative estimate of drug-likeness (QED) is 0.455. The van der Waals surface area contributed by atoms with Crippen molar-refractivity contribution >= 4 is 18.2 Å². The molecule has 0 amide bonds. The number of aliphatic carboxylic acids is 1. The summed E-state index contributed by atoms with van der Waals surface area (Å²) < 4.78 is 0. The topological polar surface area (TPSA) is 91.7 Å². The van der Waals surface area contributed by atoms with E-state index in [0.29, 0.717) is 5.56 Å². The fourth-order valence-corrected chi connectivity index (χ4v) is 0.846. The predicted octanol–water partition coefficient (Wildman–Crippen LogP) is 1.21. The van der Waals surface area contributed by atoms with Crippen LogP contribution in [-0.4, -0.2) is 28.4 Å². The largest absolute Gasteiger partial charge is 0.483 e. The van der Waals surface area contributed by atoms with Crippen LogP contribution < -0.4 is 0 Å². The second-order valence-corrected chi connectivity index (χ2v) is 2.51. The average Bonchev–Trinajstić information content (AvgIpc) is 2.28. The van der Waals surface area contributed by atoms with Gasteiger partial charge in [0.25, 0.3) is 6.47 Å². The minimum Gasteiger partial charge on any atom is -0.483 e. The van der Waals surface area contributed by atoms with E-state index in [9.17, 15) is 9.59 Å². The number of allylic oxidation sites excluding steroid dienone is 1. The molecule has 0 unspecified atom stereocenters. The molecule has 0 aliphatic carbocycles. The Kier molecular flexibility index (Phi) is 6.72. The zero-order valence-corrected chi connectivity index (χ0v) is 8.24. The van der Waals surface area contributed by atoms with Gasteiger partial charge < -0.3 is 10.2 Å². The molecule has 0 saturated carbocycles. The second-order valence-electron chi connectivity index (χ2n) is 2.51. The Morgan fingerprint density at radius 1 is 1.06 bits per heavy atom. The van der Waals surface area contributed by atoms with Crippen LogP contribution in [0.2, 0.25) is 0 Å². The molecular weight excluding hydrogens is 212 g/mol. The second kappa shape index (κ2) is 7.93. The highest BCUT2D eigenvalue weighted by Crippen LogP contribution is 2.00. The molecule has 0 aliphatic heterocycles. The zero-order chi connectivity index (χ0) is 12.4. The van der Waals surface area contributed by atoms with E-state index < -0.39 is 5.97 Å². The molecule has 0 heterocycles. The Hall–Kier alpha value is -2.43. The van der Waals surface area contributed by atoms with Crippen LogP contribution in [0, 0.1) is 0 Å². The molecule has 16 heavy (non-hydrogen) atoms. The maximum absolute atomic E-state index is 11.2. The Labute approximate surface area is 91.6 Å². The third-order valence-electron chi connectivity index (χ3n) is 1.44. The molecule has 0 fully saturated rings. The van der Waals surface area contributed by atoms with Crippen LogP contribution >= 0.6 is 0 Å². The molecule has 5 nitrogen and oxygen atoms in total. The number of ketones is 1. The Bertz CT molecular complexity index is 381. The molecule has 0 spiro atoms. The van der Waals surface area contributed by atoms with Gasteiger partial charge in [-0.25, -0.2) is 4.79 Å². The monoisotopic (exact) mass is 222 g/mol. The molecule has 0 aromatic heterocycles. The number of hydrogen-bond acceptors (Lipinski definition) is 3. The van der Waals surface area contributed by atoms with Crippen molar-refractivity contribution in [3.05, 3.63) is 48.0 Å². The van der Waals surface area contributed by atoms with Gasteiger partial charge in [0.1, 0.15) is 0 Å². The normalized spacial score (nSPS) is 9.00. The van der Waals surface area contributed by atoms with Crippen molar-refractivity contribution < 1.29 is 24.6 Å². The molecule has 0 aliphatic rings. The third kappa shape index (κ3) is 6.09. The molecule has 0 bridgehead atoms. The van der Waals surface area contributed by atoms with Crippen LogP contribution in [0.25, 0.3) is 0 Å². The van der Waals surface area contributed by atoms with E-state index in [-0.39, 0.29) is 12.3 Å². The molecule has 5 heteroatoms. The number of carbonyl (C=O) groups excluding carboxylic acids is 1. The predicted molar refractivity (Wildman–Crippen MR) is 56.2 cm³/mol. The lowest BCUT2D eigenvalue weighted by atomic mass is 10.1. The molecule has 1 aromatic carbocycles. The van der Waals surface area contributed by atoms with Crippen LogP contribution in [0.5, 0.6) is 0 Å². The summed E-state index contributed by atoms with van der Waals surface area (Å²) in [6.45, 7) is -0.250. The van der Waals surface area contributed by atoms with E-state index in [4.69, 9.17) is 15.0 Å². The maximum Gasteiger partial charge on any atom is 0.328 e. The molecule has 1 rings (SSSR count). The Balaban J connectivity index is 0.000000673. The van der Waals surface area contributed by atoms with Gasteiger partial charge in [-0.3, -0.25) is 9.59 Å². The molecule has 0 saturated heterocycles. The van der Waals surface area contributed by atoms with Crippen molar-refractivity contribution in [1.82, 2.24) is 0 Å². The lowest BCUT2D eigenvalue weighted by Gasteiger charge is -1.92. The van der Waals surface area contributed by atoms with E-state index in [1.54, 1.807) is 30.3 Å². The summed E-state index contributed by atoms with van der Waals surface area (Å²) in [5.74, 6) is -1.42. The summed E-state index contributed by atoms with van der Waals surface area (Å²) in [5, 5.41) is 15.2. The first-order valence-corrected chi connectivity index (χ1v) is 4.20. The average molecular weight is 222 g/mol. The highest BCUT2D eigenvalue weighted by Gasteiger charge is 1.99. The van der Waals surface area contributed by atoms with Gasteiger partial charge in [-0.1, -0.05) is 30.3 Å². The summed E-state index contributed by atoms with van der Waals surface area (Å²) in [6, 6.07) is 8.50. The SMILES string of the molecule is O=C(O)C=CC(=O)c1ccccc1.O=CO. The zero-order valence-electron chi connectivity index (χ0n) is 8.24. The Morgan fingerprint density at radius 3 is 2.00 bits per heavy atom. The fraction of sp³-hybridized carbons (Fsp3) is 0. The smallest absolute Gasteiger partial charge is 0.328 e. The van der Waals surface area contributed by atoms with Gasteiger partial charge in [0.2, 0.25) is 0 Å².